The summed E-state index contributed by atoms with van der Waals surface area (Å²) in [4.78, 5) is 38.7. The van der Waals surface area contributed by atoms with E-state index in [0.717, 1.165) is 30.6 Å². The van der Waals surface area contributed by atoms with Crippen molar-refractivity contribution in [1.29, 1.82) is 0 Å². The summed E-state index contributed by atoms with van der Waals surface area (Å²) in [7, 11) is 0. The molecule has 5 rings (SSSR count). The van der Waals surface area contributed by atoms with Crippen LogP contribution in [0.15, 0.2) is 48.5 Å². The Kier molecular flexibility index (Phi) is 5.08. The van der Waals surface area contributed by atoms with Crippen LogP contribution in [0.25, 0.3) is 0 Å². The van der Waals surface area contributed by atoms with Crippen LogP contribution < -0.4 is 16.0 Å². The first-order valence-electron chi connectivity index (χ1n) is 10.8. The molecule has 0 spiro atoms. The molecule has 0 aromatic heterocycles. The molecule has 3 aliphatic heterocycles. The summed E-state index contributed by atoms with van der Waals surface area (Å²) >= 11 is 0. The highest BCUT2D eigenvalue weighted by atomic mass is 16.2. The summed E-state index contributed by atoms with van der Waals surface area (Å²) < 4.78 is 0. The predicted octanol–water partition coefficient (Wildman–Crippen LogP) is 1.43. The van der Waals surface area contributed by atoms with Crippen LogP contribution in [0.1, 0.15) is 46.3 Å². The number of carbonyl (C=O) groups excluding carboxylic acids is 3. The Morgan fingerprint density at radius 3 is 2.65 bits per heavy atom. The smallest absolute Gasteiger partial charge is 0.255 e. The van der Waals surface area contributed by atoms with Crippen LogP contribution in [0.5, 0.6) is 0 Å². The largest absolute Gasteiger partial charge is 0.322 e. The molecule has 2 aromatic rings. The Labute approximate surface area is 181 Å². The number of piperidine rings is 1. The first-order chi connectivity index (χ1) is 15.1. The van der Waals surface area contributed by atoms with E-state index in [9.17, 15) is 14.4 Å². The fourth-order valence-corrected chi connectivity index (χ4v) is 5.05. The molecule has 0 bridgehead atoms. The average Bonchev–Trinajstić information content (AvgIpc) is 3.39. The molecule has 0 saturated carbocycles. The number of amides is 3. The fraction of sp³-hybridized carbons (Fsp3) is 0.375. The van der Waals surface area contributed by atoms with Crippen molar-refractivity contribution in [1.82, 2.24) is 20.9 Å². The van der Waals surface area contributed by atoms with E-state index in [4.69, 9.17) is 0 Å². The van der Waals surface area contributed by atoms with Crippen molar-refractivity contribution in [3.05, 3.63) is 70.8 Å². The van der Waals surface area contributed by atoms with Crippen molar-refractivity contribution in [2.45, 2.75) is 43.9 Å². The SMILES string of the molecule is O=C1CCC(N2Cc3cccc(CNC4(c5ccccc5)CCNC4)c3C2=O)C(=O)N1. The van der Waals surface area contributed by atoms with Gasteiger partial charge in [0, 0.05) is 31.6 Å². The van der Waals surface area contributed by atoms with Gasteiger partial charge in [-0.25, -0.2) is 0 Å². The van der Waals surface area contributed by atoms with Crippen molar-refractivity contribution < 1.29 is 14.4 Å². The number of carbonyl (C=O) groups is 3. The van der Waals surface area contributed by atoms with E-state index in [-0.39, 0.29) is 29.7 Å². The van der Waals surface area contributed by atoms with Gasteiger partial charge in [-0.05, 0) is 36.1 Å². The van der Waals surface area contributed by atoms with Gasteiger partial charge in [-0.1, -0.05) is 48.5 Å². The third kappa shape index (κ3) is 3.54. The zero-order valence-corrected chi connectivity index (χ0v) is 17.3. The Balaban J connectivity index is 1.38. The minimum atomic E-state index is -0.590. The topological polar surface area (TPSA) is 90.5 Å². The van der Waals surface area contributed by atoms with Gasteiger partial charge in [0.2, 0.25) is 11.8 Å². The normalized spacial score (nSPS) is 25.6. The number of hydrogen-bond acceptors (Lipinski definition) is 5. The molecule has 3 aliphatic rings. The van der Waals surface area contributed by atoms with Crippen molar-refractivity contribution in [3.63, 3.8) is 0 Å². The lowest BCUT2D eigenvalue weighted by atomic mass is 9.88. The molecular formula is C24H26N4O3. The van der Waals surface area contributed by atoms with Gasteiger partial charge in [0.1, 0.15) is 6.04 Å². The van der Waals surface area contributed by atoms with E-state index < -0.39 is 6.04 Å². The molecule has 3 amide bonds. The zero-order valence-electron chi connectivity index (χ0n) is 17.3. The molecule has 7 heteroatoms. The molecule has 160 valence electrons. The maximum absolute atomic E-state index is 13.3. The molecule has 2 aromatic carbocycles. The third-order valence-corrected chi connectivity index (χ3v) is 6.74. The maximum atomic E-state index is 13.3. The molecule has 2 atom stereocenters. The van der Waals surface area contributed by atoms with E-state index in [2.05, 4.69) is 40.2 Å². The van der Waals surface area contributed by atoms with Crippen LogP contribution >= 0.6 is 0 Å². The lowest BCUT2D eigenvalue weighted by Gasteiger charge is -2.31. The van der Waals surface area contributed by atoms with E-state index in [1.165, 1.54) is 5.56 Å². The van der Waals surface area contributed by atoms with Gasteiger partial charge in [0.25, 0.3) is 5.91 Å². The fourth-order valence-electron chi connectivity index (χ4n) is 5.05. The molecular weight excluding hydrogens is 392 g/mol. The number of rotatable bonds is 5. The molecule has 7 nitrogen and oxygen atoms in total. The van der Waals surface area contributed by atoms with Crippen LogP contribution in [0, 0.1) is 0 Å². The van der Waals surface area contributed by atoms with E-state index in [0.29, 0.717) is 25.1 Å². The van der Waals surface area contributed by atoms with Gasteiger partial charge in [-0.2, -0.15) is 0 Å². The summed E-state index contributed by atoms with van der Waals surface area (Å²) in [6.45, 7) is 2.74. The van der Waals surface area contributed by atoms with Crippen LogP contribution in [-0.2, 0) is 28.2 Å². The molecule has 2 saturated heterocycles. The first-order valence-corrected chi connectivity index (χ1v) is 10.8. The van der Waals surface area contributed by atoms with E-state index >= 15 is 0 Å². The molecule has 31 heavy (non-hydrogen) atoms. The number of nitrogens with one attached hydrogen (secondary N) is 3. The van der Waals surface area contributed by atoms with Gasteiger partial charge in [-0.15, -0.1) is 0 Å². The molecule has 2 unspecified atom stereocenters. The second-order valence-corrected chi connectivity index (χ2v) is 8.58. The van der Waals surface area contributed by atoms with Gasteiger partial charge in [-0.3, -0.25) is 19.7 Å². The second kappa shape index (κ2) is 7.90. The standard InChI is InChI=1S/C24H26N4O3/c29-20-10-9-19(22(30)27-20)28-14-17-6-4-5-16(21(17)23(28)31)13-26-24(11-12-25-15-24)18-7-2-1-3-8-18/h1-8,19,25-26H,9-15H2,(H,27,29,30). The predicted molar refractivity (Wildman–Crippen MR) is 115 cm³/mol. The molecule has 2 fully saturated rings. The average molecular weight is 418 g/mol. The summed E-state index contributed by atoms with van der Waals surface area (Å²) in [6, 6.07) is 15.7. The number of benzene rings is 2. The Morgan fingerprint density at radius 1 is 1.06 bits per heavy atom. The zero-order chi connectivity index (χ0) is 21.4. The summed E-state index contributed by atoms with van der Waals surface area (Å²) in [6.07, 6.45) is 1.61. The Morgan fingerprint density at radius 2 is 1.90 bits per heavy atom. The minimum Gasteiger partial charge on any atom is -0.322 e. The minimum absolute atomic E-state index is 0.125. The molecule has 0 aliphatic carbocycles. The van der Waals surface area contributed by atoms with Gasteiger partial charge < -0.3 is 15.5 Å². The summed E-state index contributed by atoms with van der Waals surface area (Å²) in [5.74, 6) is -0.774. The second-order valence-electron chi connectivity index (χ2n) is 8.58. The Bertz CT molecular complexity index is 1030. The van der Waals surface area contributed by atoms with Gasteiger partial charge in [0.15, 0.2) is 0 Å². The van der Waals surface area contributed by atoms with Crippen LogP contribution in [0.3, 0.4) is 0 Å². The van der Waals surface area contributed by atoms with E-state index in [1.54, 1.807) is 4.90 Å². The number of nitrogens with zero attached hydrogens (tertiary/aromatic N) is 1. The van der Waals surface area contributed by atoms with Gasteiger partial charge in [0.05, 0.1) is 5.54 Å². The Hall–Kier alpha value is -3.03. The number of fused-ring (bicyclic) bond motifs is 1. The monoisotopic (exact) mass is 418 g/mol. The molecule has 0 radical (unpaired) electrons. The van der Waals surface area contributed by atoms with Crippen molar-refractivity contribution in [2.24, 2.45) is 0 Å². The summed E-state index contributed by atoms with van der Waals surface area (Å²) in [5.41, 5.74) is 3.64. The van der Waals surface area contributed by atoms with Crippen LogP contribution in [-0.4, -0.2) is 41.8 Å². The summed E-state index contributed by atoms with van der Waals surface area (Å²) in [5, 5.41) is 9.55. The highest BCUT2D eigenvalue weighted by Gasteiger charge is 2.40. The quantitative estimate of drug-likeness (QED) is 0.639. The molecule has 3 heterocycles. The number of imide groups is 1. The van der Waals surface area contributed by atoms with Crippen molar-refractivity contribution >= 4 is 17.7 Å². The highest BCUT2D eigenvalue weighted by Crippen LogP contribution is 2.32. The highest BCUT2D eigenvalue weighted by molar-refractivity contribution is 6.06. The van der Waals surface area contributed by atoms with Crippen molar-refractivity contribution in [3.8, 4) is 0 Å². The number of hydrogen-bond donors (Lipinski definition) is 3. The molecule has 3 N–H and O–H groups in total. The maximum Gasteiger partial charge on any atom is 0.255 e. The van der Waals surface area contributed by atoms with Gasteiger partial charge >= 0.3 is 0 Å². The third-order valence-electron chi connectivity index (χ3n) is 6.74. The first kappa shape index (κ1) is 19.9. The lowest BCUT2D eigenvalue weighted by molar-refractivity contribution is -0.136. The van der Waals surface area contributed by atoms with Crippen molar-refractivity contribution in [2.75, 3.05) is 13.1 Å². The van der Waals surface area contributed by atoms with E-state index in [1.807, 2.05) is 24.3 Å². The van der Waals surface area contributed by atoms with Crippen LogP contribution in [0.4, 0.5) is 0 Å². The lowest BCUT2D eigenvalue weighted by Crippen LogP contribution is -2.52. The van der Waals surface area contributed by atoms with Crippen LogP contribution in [0.2, 0.25) is 0 Å².